The van der Waals surface area contributed by atoms with Crippen LogP contribution in [0.5, 0.6) is 0 Å². The molecule has 1 aromatic rings. The third-order valence-corrected chi connectivity index (χ3v) is 2.97. The Bertz CT molecular complexity index is 313. The van der Waals surface area contributed by atoms with Crippen molar-refractivity contribution in [2.45, 2.75) is 24.2 Å². The van der Waals surface area contributed by atoms with Crippen molar-refractivity contribution in [3.8, 4) is 0 Å². The maximum atomic E-state index is 12.9. The van der Waals surface area contributed by atoms with E-state index in [1.54, 1.807) is 0 Å². The average molecular weight is 197 g/mol. The van der Waals surface area contributed by atoms with Gasteiger partial charge < -0.3 is 5.73 Å². The first-order valence-electron chi connectivity index (χ1n) is 4.71. The highest BCUT2D eigenvalue weighted by molar-refractivity contribution is 5.30. The summed E-state index contributed by atoms with van der Waals surface area (Å²) in [5, 5.41) is 0. The van der Waals surface area contributed by atoms with Gasteiger partial charge in [0.05, 0.1) is 0 Å². The first-order chi connectivity index (χ1) is 6.58. The van der Waals surface area contributed by atoms with Gasteiger partial charge in [-0.15, -0.1) is 0 Å². The van der Waals surface area contributed by atoms with Gasteiger partial charge in [0.25, 0.3) is 0 Å². The summed E-state index contributed by atoms with van der Waals surface area (Å²) < 4.78 is 25.7. The van der Waals surface area contributed by atoms with E-state index in [0.717, 1.165) is 5.56 Å². The summed E-state index contributed by atoms with van der Waals surface area (Å²) >= 11 is 0. The van der Waals surface area contributed by atoms with Crippen molar-refractivity contribution in [2.24, 2.45) is 5.73 Å². The van der Waals surface area contributed by atoms with E-state index in [2.05, 4.69) is 0 Å². The fourth-order valence-corrected chi connectivity index (χ4v) is 2.20. The molecule has 2 N–H and O–H groups in total. The van der Waals surface area contributed by atoms with Crippen molar-refractivity contribution in [3.05, 3.63) is 35.9 Å². The van der Waals surface area contributed by atoms with Crippen LogP contribution in [0.2, 0.25) is 0 Å². The molecule has 0 aliphatic heterocycles. The number of nitrogens with two attached hydrogens (primary N) is 1. The number of hydrogen-bond donors (Lipinski definition) is 1. The summed E-state index contributed by atoms with van der Waals surface area (Å²) in [6.07, 6.45) is -0.221. The number of alkyl halides is 2. The van der Waals surface area contributed by atoms with Gasteiger partial charge in [-0.1, -0.05) is 30.3 Å². The molecule has 1 aliphatic carbocycles. The minimum atomic E-state index is -2.52. The van der Waals surface area contributed by atoms with Crippen molar-refractivity contribution in [3.63, 3.8) is 0 Å². The van der Waals surface area contributed by atoms with Crippen LogP contribution in [0.4, 0.5) is 8.78 Å². The molecule has 1 nitrogen and oxygen atoms in total. The van der Waals surface area contributed by atoms with Crippen LogP contribution in [0.3, 0.4) is 0 Å². The van der Waals surface area contributed by atoms with Gasteiger partial charge in [0.15, 0.2) is 0 Å². The molecule has 2 rings (SSSR count). The van der Waals surface area contributed by atoms with Crippen LogP contribution in [0.1, 0.15) is 18.4 Å². The minimum Gasteiger partial charge on any atom is -0.330 e. The van der Waals surface area contributed by atoms with Crippen molar-refractivity contribution < 1.29 is 8.78 Å². The van der Waals surface area contributed by atoms with Crippen molar-refractivity contribution in [2.75, 3.05) is 6.54 Å². The van der Waals surface area contributed by atoms with Crippen molar-refractivity contribution >= 4 is 0 Å². The van der Waals surface area contributed by atoms with Crippen LogP contribution in [-0.2, 0) is 5.41 Å². The van der Waals surface area contributed by atoms with Crippen LogP contribution in [0.15, 0.2) is 30.3 Å². The standard InChI is InChI=1S/C11H13F2N/c12-11(13)6-10(7-11,8-14)9-4-2-1-3-5-9/h1-5H,6-8,14H2. The van der Waals surface area contributed by atoms with E-state index in [0.29, 0.717) is 6.54 Å². The van der Waals surface area contributed by atoms with E-state index in [1.165, 1.54) is 0 Å². The molecule has 0 atom stereocenters. The Morgan fingerprint density at radius 1 is 1.14 bits per heavy atom. The number of benzene rings is 1. The molecule has 0 spiro atoms. The molecule has 0 amide bonds. The van der Waals surface area contributed by atoms with E-state index in [4.69, 9.17) is 5.73 Å². The second-order valence-electron chi connectivity index (χ2n) is 4.06. The SMILES string of the molecule is NCC1(c2ccccc2)CC(F)(F)C1. The van der Waals surface area contributed by atoms with E-state index < -0.39 is 11.3 Å². The molecular weight excluding hydrogens is 184 g/mol. The Morgan fingerprint density at radius 2 is 1.71 bits per heavy atom. The fourth-order valence-electron chi connectivity index (χ4n) is 2.20. The molecule has 1 aliphatic rings. The highest BCUT2D eigenvalue weighted by Crippen LogP contribution is 2.52. The number of rotatable bonds is 2. The molecule has 1 aromatic carbocycles. The molecule has 3 heteroatoms. The molecule has 0 radical (unpaired) electrons. The Labute approximate surface area is 81.9 Å². The van der Waals surface area contributed by atoms with E-state index in [1.807, 2.05) is 30.3 Å². The van der Waals surface area contributed by atoms with Gasteiger partial charge in [0, 0.05) is 24.8 Å². The van der Waals surface area contributed by atoms with Crippen molar-refractivity contribution in [1.82, 2.24) is 0 Å². The van der Waals surface area contributed by atoms with Crippen LogP contribution >= 0.6 is 0 Å². The predicted molar refractivity (Wildman–Crippen MR) is 51.4 cm³/mol. The van der Waals surface area contributed by atoms with Gasteiger partial charge in [-0.25, -0.2) is 8.78 Å². The predicted octanol–water partition coefficient (Wildman–Crippen LogP) is 2.31. The fraction of sp³-hybridized carbons (Fsp3) is 0.455. The molecule has 0 bridgehead atoms. The van der Waals surface area contributed by atoms with Crippen molar-refractivity contribution in [1.29, 1.82) is 0 Å². The molecule has 76 valence electrons. The summed E-state index contributed by atoms with van der Waals surface area (Å²) in [5.41, 5.74) is 6.05. The molecule has 0 saturated heterocycles. The van der Waals surface area contributed by atoms with Gasteiger partial charge in [-0.2, -0.15) is 0 Å². The lowest BCUT2D eigenvalue weighted by molar-refractivity contribution is -0.123. The second-order valence-corrected chi connectivity index (χ2v) is 4.06. The molecule has 0 heterocycles. The van der Waals surface area contributed by atoms with E-state index in [-0.39, 0.29) is 12.8 Å². The van der Waals surface area contributed by atoms with Crippen LogP contribution in [0.25, 0.3) is 0 Å². The molecular formula is C11H13F2N. The summed E-state index contributed by atoms with van der Waals surface area (Å²) in [6.45, 7) is 0.298. The summed E-state index contributed by atoms with van der Waals surface area (Å²) in [5.74, 6) is -2.52. The van der Waals surface area contributed by atoms with Crippen LogP contribution in [-0.4, -0.2) is 12.5 Å². The van der Waals surface area contributed by atoms with Gasteiger partial charge in [-0.05, 0) is 5.56 Å². The van der Waals surface area contributed by atoms with Gasteiger partial charge >= 0.3 is 0 Å². The lowest BCUT2D eigenvalue weighted by Crippen LogP contribution is -2.53. The Hall–Kier alpha value is -0.960. The van der Waals surface area contributed by atoms with E-state index >= 15 is 0 Å². The highest BCUT2D eigenvalue weighted by Gasteiger charge is 2.56. The molecule has 14 heavy (non-hydrogen) atoms. The largest absolute Gasteiger partial charge is 0.330 e. The number of hydrogen-bond acceptors (Lipinski definition) is 1. The van der Waals surface area contributed by atoms with Crippen LogP contribution < -0.4 is 5.73 Å². The Kier molecular flexibility index (Phi) is 2.07. The third-order valence-electron chi connectivity index (χ3n) is 2.97. The number of halogens is 2. The first kappa shape index (κ1) is 9.59. The van der Waals surface area contributed by atoms with E-state index in [9.17, 15) is 8.78 Å². The smallest absolute Gasteiger partial charge is 0.250 e. The van der Waals surface area contributed by atoms with Gasteiger partial charge in [-0.3, -0.25) is 0 Å². The summed E-state index contributed by atoms with van der Waals surface area (Å²) in [7, 11) is 0. The zero-order chi connectivity index (χ0) is 10.2. The second kappa shape index (κ2) is 3.02. The molecule has 1 saturated carbocycles. The normalized spacial score (nSPS) is 22.8. The monoisotopic (exact) mass is 197 g/mol. The lowest BCUT2D eigenvalue weighted by atomic mass is 9.62. The first-order valence-corrected chi connectivity index (χ1v) is 4.71. The molecule has 0 unspecified atom stereocenters. The lowest BCUT2D eigenvalue weighted by Gasteiger charge is -2.47. The molecule has 1 fully saturated rings. The maximum Gasteiger partial charge on any atom is 0.250 e. The molecule has 0 aromatic heterocycles. The summed E-state index contributed by atoms with van der Waals surface area (Å²) in [4.78, 5) is 0. The highest BCUT2D eigenvalue weighted by atomic mass is 19.3. The third kappa shape index (κ3) is 1.42. The zero-order valence-electron chi connectivity index (χ0n) is 7.84. The minimum absolute atomic E-state index is 0.111. The Balaban J connectivity index is 2.25. The summed E-state index contributed by atoms with van der Waals surface area (Å²) in [6, 6.07) is 9.36. The van der Waals surface area contributed by atoms with Crippen LogP contribution in [0, 0.1) is 0 Å². The van der Waals surface area contributed by atoms with Gasteiger partial charge in [0.2, 0.25) is 5.92 Å². The maximum absolute atomic E-state index is 12.9. The zero-order valence-corrected chi connectivity index (χ0v) is 7.84. The quantitative estimate of drug-likeness (QED) is 0.773. The van der Waals surface area contributed by atoms with Gasteiger partial charge in [0.1, 0.15) is 0 Å². The Morgan fingerprint density at radius 3 is 2.14 bits per heavy atom. The average Bonchev–Trinajstić information content (AvgIpc) is 2.15. The topological polar surface area (TPSA) is 26.0 Å².